The second-order valence-corrected chi connectivity index (χ2v) is 6.16. The van der Waals surface area contributed by atoms with Crippen molar-refractivity contribution in [2.24, 2.45) is 0 Å². The van der Waals surface area contributed by atoms with E-state index in [0.717, 1.165) is 29.2 Å². The number of hydrogen-bond acceptors (Lipinski definition) is 6. The number of nitrogens with one attached hydrogen (secondary N) is 1. The summed E-state index contributed by atoms with van der Waals surface area (Å²) < 4.78 is 5.38. The lowest BCUT2D eigenvalue weighted by Gasteiger charge is -2.00. The highest BCUT2D eigenvalue weighted by molar-refractivity contribution is 7.09. The van der Waals surface area contributed by atoms with Crippen molar-refractivity contribution in [1.82, 2.24) is 15.1 Å². The minimum Gasteiger partial charge on any atom is -0.384 e. The van der Waals surface area contributed by atoms with Gasteiger partial charge < -0.3 is 9.84 Å². The van der Waals surface area contributed by atoms with Crippen LogP contribution in [0.25, 0.3) is 11.5 Å². The van der Waals surface area contributed by atoms with Crippen molar-refractivity contribution >= 4 is 17.0 Å². The molecule has 0 saturated heterocycles. The van der Waals surface area contributed by atoms with Gasteiger partial charge >= 0.3 is 0 Å². The summed E-state index contributed by atoms with van der Waals surface area (Å²) in [7, 11) is 0. The lowest BCUT2D eigenvalue weighted by Crippen LogP contribution is -1.91. The maximum absolute atomic E-state index is 5.38. The van der Waals surface area contributed by atoms with Gasteiger partial charge in [0.05, 0.1) is 17.1 Å². The fourth-order valence-electron chi connectivity index (χ4n) is 2.53. The Bertz CT molecular complexity index is 793. The van der Waals surface area contributed by atoms with E-state index in [9.17, 15) is 0 Å². The summed E-state index contributed by atoms with van der Waals surface area (Å²) in [5.41, 5.74) is 4.48. The molecule has 4 rings (SSSR count). The molecule has 5 nitrogen and oxygen atoms in total. The highest BCUT2D eigenvalue weighted by Gasteiger charge is 2.15. The number of fused-ring (bicyclic) bond motifs is 1. The van der Waals surface area contributed by atoms with Gasteiger partial charge in [-0.25, -0.2) is 4.98 Å². The number of nitrogens with zero attached hydrogens (tertiary/aromatic N) is 3. The molecule has 1 aliphatic rings. The number of thiazole rings is 1. The molecule has 0 atom stereocenters. The largest absolute Gasteiger partial charge is 0.384 e. The molecule has 6 heteroatoms. The molecule has 3 aromatic rings. The molecule has 1 aromatic carbocycles. The average molecular weight is 298 g/mol. The number of rotatable bonds is 3. The Balaban J connectivity index is 1.59. The Hall–Kier alpha value is -2.21. The molecule has 3 heterocycles. The zero-order valence-corrected chi connectivity index (χ0v) is 12.4. The van der Waals surface area contributed by atoms with Gasteiger partial charge in [0.2, 0.25) is 0 Å². The third kappa shape index (κ3) is 2.42. The normalized spacial score (nSPS) is 13.2. The van der Waals surface area contributed by atoms with Crippen molar-refractivity contribution in [2.75, 3.05) is 11.9 Å². The molecule has 1 N–H and O–H groups in total. The molecule has 0 amide bonds. The van der Waals surface area contributed by atoms with Gasteiger partial charge in [0, 0.05) is 23.2 Å². The minimum atomic E-state index is 0.576. The smallest absolute Gasteiger partial charge is 0.257 e. The van der Waals surface area contributed by atoms with Crippen LogP contribution >= 0.6 is 11.3 Å². The lowest BCUT2D eigenvalue weighted by molar-refractivity contribution is 0.423. The van der Waals surface area contributed by atoms with Gasteiger partial charge in [-0.15, -0.1) is 11.3 Å². The topological polar surface area (TPSA) is 63.8 Å². The van der Waals surface area contributed by atoms with Crippen molar-refractivity contribution in [2.45, 2.75) is 19.8 Å². The first-order chi connectivity index (χ1) is 10.3. The Morgan fingerprint density at radius 3 is 3.14 bits per heavy atom. The highest BCUT2D eigenvalue weighted by Crippen LogP contribution is 2.27. The number of benzene rings is 1. The molecule has 106 valence electrons. The molecule has 0 bridgehead atoms. The van der Waals surface area contributed by atoms with Gasteiger partial charge in [0.25, 0.3) is 5.89 Å². The maximum atomic E-state index is 5.38. The second kappa shape index (κ2) is 4.96. The summed E-state index contributed by atoms with van der Waals surface area (Å²) >= 11 is 1.64. The van der Waals surface area contributed by atoms with Crippen LogP contribution in [0.15, 0.2) is 28.1 Å². The minimum absolute atomic E-state index is 0.576. The third-order valence-electron chi connectivity index (χ3n) is 3.54. The first kappa shape index (κ1) is 12.5. The van der Waals surface area contributed by atoms with E-state index in [1.54, 1.807) is 11.3 Å². The molecule has 21 heavy (non-hydrogen) atoms. The monoisotopic (exact) mass is 298 g/mol. The fraction of sp³-hybridized carbons (Fsp3) is 0.267. The van der Waals surface area contributed by atoms with Gasteiger partial charge in [0.1, 0.15) is 0 Å². The van der Waals surface area contributed by atoms with Crippen LogP contribution in [0.1, 0.15) is 22.1 Å². The molecule has 0 spiro atoms. The first-order valence-electron chi connectivity index (χ1n) is 6.89. The van der Waals surface area contributed by atoms with Crippen LogP contribution in [0.3, 0.4) is 0 Å². The number of aromatic nitrogens is 3. The van der Waals surface area contributed by atoms with Crippen molar-refractivity contribution in [3.8, 4) is 11.5 Å². The third-order valence-corrected chi connectivity index (χ3v) is 4.36. The van der Waals surface area contributed by atoms with E-state index in [1.807, 2.05) is 18.4 Å². The van der Waals surface area contributed by atoms with Gasteiger partial charge in [-0.2, -0.15) is 4.98 Å². The Morgan fingerprint density at radius 1 is 1.33 bits per heavy atom. The molecule has 0 fully saturated rings. The first-order valence-corrected chi connectivity index (χ1v) is 7.77. The highest BCUT2D eigenvalue weighted by atomic mass is 32.1. The van der Waals surface area contributed by atoms with Gasteiger partial charge in [-0.1, -0.05) is 5.16 Å². The maximum Gasteiger partial charge on any atom is 0.257 e. The number of aryl methyl sites for hydroxylation is 1. The van der Waals surface area contributed by atoms with Crippen LogP contribution in [-0.2, 0) is 12.8 Å². The van der Waals surface area contributed by atoms with E-state index in [-0.39, 0.29) is 0 Å². The van der Waals surface area contributed by atoms with Crippen LogP contribution in [0.2, 0.25) is 0 Å². The van der Waals surface area contributed by atoms with Crippen molar-refractivity contribution in [1.29, 1.82) is 0 Å². The molecule has 0 saturated carbocycles. The van der Waals surface area contributed by atoms with Gasteiger partial charge in [-0.3, -0.25) is 0 Å². The standard InChI is InChI=1S/C15H14N4OS/c1-9-17-12(8-21-9)7-14-18-15(20-19-14)11-2-3-13-10(6-11)4-5-16-13/h2-3,6,8,16H,4-5,7H2,1H3. The lowest BCUT2D eigenvalue weighted by atomic mass is 10.1. The zero-order chi connectivity index (χ0) is 14.2. The van der Waals surface area contributed by atoms with Crippen LogP contribution in [0, 0.1) is 6.92 Å². The quantitative estimate of drug-likeness (QED) is 0.805. The van der Waals surface area contributed by atoms with Crippen LogP contribution < -0.4 is 5.32 Å². The summed E-state index contributed by atoms with van der Waals surface area (Å²) in [5.74, 6) is 1.25. The van der Waals surface area contributed by atoms with Gasteiger partial charge in [0.15, 0.2) is 5.82 Å². The predicted octanol–water partition coefficient (Wildman–Crippen LogP) is 3.06. The van der Waals surface area contributed by atoms with E-state index < -0.39 is 0 Å². The Labute approximate surface area is 126 Å². The van der Waals surface area contributed by atoms with E-state index in [1.165, 1.54) is 11.3 Å². The van der Waals surface area contributed by atoms with Crippen LogP contribution in [-0.4, -0.2) is 21.7 Å². The van der Waals surface area contributed by atoms with Crippen molar-refractivity contribution in [3.05, 3.63) is 45.7 Å². The average Bonchev–Trinajstić information content (AvgIpc) is 3.19. The number of hydrogen-bond donors (Lipinski definition) is 1. The van der Waals surface area contributed by atoms with Gasteiger partial charge in [-0.05, 0) is 37.1 Å². The fourth-order valence-corrected chi connectivity index (χ4v) is 3.14. The molecule has 1 aliphatic heterocycles. The molecular formula is C15H14N4OS. The van der Waals surface area contributed by atoms with E-state index in [2.05, 4.69) is 32.6 Å². The van der Waals surface area contributed by atoms with Crippen molar-refractivity contribution < 1.29 is 4.52 Å². The van der Waals surface area contributed by atoms with Crippen LogP contribution in [0.4, 0.5) is 5.69 Å². The van der Waals surface area contributed by atoms with Crippen LogP contribution in [0.5, 0.6) is 0 Å². The van der Waals surface area contributed by atoms with E-state index in [0.29, 0.717) is 18.1 Å². The van der Waals surface area contributed by atoms with E-state index >= 15 is 0 Å². The summed E-state index contributed by atoms with van der Waals surface area (Å²) in [5, 5.41) is 10.5. The molecular weight excluding hydrogens is 284 g/mol. The molecule has 0 radical (unpaired) electrons. The molecule has 0 aliphatic carbocycles. The predicted molar refractivity (Wildman–Crippen MR) is 81.6 cm³/mol. The van der Waals surface area contributed by atoms with Crippen molar-refractivity contribution in [3.63, 3.8) is 0 Å². The summed E-state index contributed by atoms with van der Waals surface area (Å²) in [4.78, 5) is 8.90. The SMILES string of the molecule is Cc1nc(Cc2noc(-c3ccc4c(c3)CCN4)n2)cs1. The Morgan fingerprint density at radius 2 is 2.29 bits per heavy atom. The second-order valence-electron chi connectivity index (χ2n) is 5.10. The molecule has 0 unspecified atom stereocenters. The van der Waals surface area contributed by atoms with E-state index in [4.69, 9.17) is 4.52 Å². The summed E-state index contributed by atoms with van der Waals surface area (Å²) in [6, 6.07) is 6.21. The summed E-state index contributed by atoms with van der Waals surface area (Å²) in [6.45, 7) is 2.99. The summed E-state index contributed by atoms with van der Waals surface area (Å²) in [6.07, 6.45) is 1.66. The Kier molecular flexibility index (Phi) is 2.96. The molecule has 2 aromatic heterocycles. The zero-order valence-electron chi connectivity index (χ0n) is 11.6. The number of anilines is 1.